The molecule has 2 N–H and O–H groups in total. The molecular weight excluding hydrogens is 344 g/mol. The van der Waals surface area contributed by atoms with E-state index in [1.807, 2.05) is 32.0 Å². The van der Waals surface area contributed by atoms with Crippen molar-refractivity contribution in [2.24, 2.45) is 5.41 Å². The minimum absolute atomic E-state index is 0.284. The van der Waals surface area contributed by atoms with Gasteiger partial charge >= 0.3 is 0 Å². The molecule has 0 unspecified atom stereocenters. The molecule has 0 radical (unpaired) electrons. The minimum Gasteiger partial charge on any atom is -0.497 e. The lowest BCUT2D eigenvalue weighted by atomic mass is 10.0. The average molecular weight is 368 g/mol. The first kappa shape index (κ1) is 18.8. The number of benzene rings is 2. The Morgan fingerprint density at radius 2 is 1.56 bits per heavy atom. The van der Waals surface area contributed by atoms with Crippen LogP contribution in [0.2, 0.25) is 0 Å². The van der Waals surface area contributed by atoms with Crippen molar-refractivity contribution in [3.63, 3.8) is 0 Å². The van der Waals surface area contributed by atoms with Gasteiger partial charge < -0.3 is 20.1 Å². The summed E-state index contributed by atoms with van der Waals surface area (Å²) in [5.74, 6) is 0.482. The number of rotatable bonds is 6. The Kier molecular flexibility index (Phi) is 5.08. The summed E-state index contributed by atoms with van der Waals surface area (Å²) in [6.45, 7) is 3.93. The second-order valence-electron chi connectivity index (χ2n) is 6.87. The first-order valence-corrected chi connectivity index (χ1v) is 8.82. The lowest BCUT2D eigenvalue weighted by Crippen LogP contribution is -2.35. The Bertz CT molecular complexity index is 888. The largest absolute Gasteiger partial charge is 0.497 e. The van der Waals surface area contributed by atoms with Crippen molar-refractivity contribution in [2.45, 2.75) is 26.7 Å². The van der Waals surface area contributed by atoms with Gasteiger partial charge in [-0.3, -0.25) is 9.59 Å². The van der Waals surface area contributed by atoms with Crippen molar-refractivity contribution in [3.05, 3.63) is 47.5 Å². The van der Waals surface area contributed by atoms with Gasteiger partial charge in [-0.05, 0) is 50.5 Å². The van der Waals surface area contributed by atoms with Crippen LogP contribution in [0.1, 0.15) is 24.0 Å². The van der Waals surface area contributed by atoms with Crippen LogP contribution in [-0.2, 0) is 9.59 Å². The third-order valence-electron chi connectivity index (χ3n) is 4.90. The van der Waals surface area contributed by atoms with E-state index in [-0.39, 0.29) is 11.8 Å². The molecule has 0 atom stereocenters. The fourth-order valence-corrected chi connectivity index (χ4v) is 3.03. The molecule has 6 heteroatoms. The maximum atomic E-state index is 12.9. The number of carbonyl (C=O) groups excluding carboxylic acids is 2. The molecule has 2 aromatic rings. The maximum Gasteiger partial charge on any atom is 0.240 e. The Balaban J connectivity index is 1.77. The molecule has 0 heterocycles. The summed E-state index contributed by atoms with van der Waals surface area (Å²) in [6.07, 6.45) is 1.03. The van der Waals surface area contributed by atoms with Crippen LogP contribution in [0, 0.1) is 19.3 Å². The molecule has 1 aliphatic rings. The SMILES string of the molecule is COc1ccc(OC)c(NC(=O)C2(C(=O)Nc3ccc(C)cc3C)CC2)c1. The number of ether oxygens (including phenoxy) is 2. The van der Waals surface area contributed by atoms with Crippen LogP contribution in [0.5, 0.6) is 11.5 Å². The van der Waals surface area contributed by atoms with Crippen LogP contribution in [0.25, 0.3) is 0 Å². The lowest BCUT2D eigenvalue weighted by molar-refractivity contribution is -0.131. The predicted octanol–water partition coefficient (Wildman–Crippen LogP) is 3.68. The Morgan fingerprint density at radius 3 is 2.11 bits per heavy atom. The molecule has 0 aromatic heterocycles. The van der Waals surface area contributed by atoms with Crippen molar-refractivity contribution < 1.29 is 19.1 Å². The summed E-state index contributed by atoms with van der Waals surface area (Å²) >= 11 is 0. The van der Waals surface area contributed by atoms with Crippen LogP contribution in [0.15, 0.2) is 36.4 Å². The van der Waals surface area contributed by atoms with Gasteiger partial charge in [0.15, 0.2) is 0 Å². The van der Waals surface area contributed by atoms with Crippen molar-refractivity contribution in [1.82, 2.24) is 0 Å². The summed E-state index contributed by atoms with van der Waals surface area (Å²) < 4.78 is 10.5. The van der Waals surface area contributed by atoms with Gasteiger partial charge in [-0.2, -0.15) is 0 Å². The van der Waals surface area contributed by atoms with E-state index in [0.29, 0.717) is 30.0 Å². The molecular formula is C21H24N2O4. The number of methoxy groups -OCH3 is 2. The lowest BCUT2D eigenvalue weighted by Gasteiger charge is -2.18. The summed E-state index contributed by atoms with van der Waals surface area (Å²) in [7, 11) is 3.07. The zero-order valence-corrected chi connectivity index (χ0v) is 16.0. The van der Waals surface area contributed by atoms with E-state index in [4.69, 9.17) is 9.47 Å². The first-order valence-electron chi connectivity index (χ1n) is 8.82. The number of hydrogen-bond donors (Lipinski definition) is 2. The highest BCUT2D eigenvalue weighted by molar-refractivity contribution is 6.17. The fraction of sp³-hybridized carbons (Fsp3) is 0.333. The number of amides is 2. The monoisotopic (exact) mass is 368 g/mol. The Hall–Kier alpha value is -3.02. The van der Waals surface area contributed by atoms with Gasteiger partial charge in [0, 0.05) is 11.8 Å². The second kappa shape index (κ2) is 7.31. The normalized spacial score (nSPS) is 14.2. The van der Waals surface area contributed by atoms with Gasteiger partial charge in [-0.1, -0.05) is 17.7 Å². The average Bonchev–Trinajstić information content (AvgIpc) is 3.46. The van der Waals surface area contributed by atoms with Gasteiger partial charge in [-0.25, -0.2) is 0 Å². The zero-order valence-electron chi connectivity index (χ0n) is 16.0. The molecule has 6 nitrogen and oxygen atoms in total. The predicted molar refractivity (Wildman–Crippen MR) is 104 cm³/mol. The van der Waals surface area contributed by atoms with Crippen molar-refractivity contribution in [2.75, 3.05) is 24.9 Å². The molecule has 27 heavy (non-hydrogen) atoms. The van der Waals surface area contributed by atoms with Gasteiger partial charge in [0.25, 0.3) is 0 Å². The zero-order chi connectivity index (χ0) is 19.6. The molecule has 0 spiro atoms. The molecule has 1 fully saturated rings. The first-order chi connectivity index (χ1) is 12.9. The fourth-order valence-electron chi connectivity index (χ4n) is 3.03. The van der Waals surface area contributed by atoms with Crippen LogP contribution in [-0.4, -0.2) is 26.0 Å². The smallest absolute Gasteiger partial charge is 0.240 e. The standard InChI is InChI=1S/C21H24N2O4/c1-13-5-7-16(14(2)11-13)22-19(24)21(9-10-21)20(25)23-17-12-15(26-3)6-8-18(17)27-4/h5-8,11-12H,9-10H2,1-4H3,(H,22,24)(H,23,25). The van der Waals surface area contributed by atoms with E-state index in [9.17, 15) is 9.59 Å². The van der Waals surface area contributed by atoms with E-state index < -0.39 is 5.41 Å². The number of hydrogen-bond acceptors (Lipinski definition) is 4. The molecule has 2 amide bonds. The summed E-state index contributed by atoms with van der Waals surface area (Å²) in [6, 6.07) is 10.9. The second-order valence-corrected chi connectivity index (χ2v) is 6.87. The molecule has 1 saturated carbocycles. The van der Waals surface area contributed by atoms with E-state index in [2.05, 4.69) is 10.6 Å². The van der Waals surface area contributed by atoms with E-state index >= 15 is 0 Å². The molecule has 0 bridgehead atoms. The van der Waals surface area contributed by atoms with Gasteiger partial charge in [0.2, 0.25) is 11.8 Å². The molecule has 1 aliphatic carbocycles. The topological polar surface area (TPSA) is 76.7 Å². The number of anilines is 2. The molecule has 0 aliphatic heterocycles. The Labute approximate surface area is 158 Å². The molecule has 0 saturated heterocycles. The number of carbonyl (C=O) groups is 2. The van der Waals surface area contributed by atoms with Crippen molar-refractivity contribution in [3.8, 4) is 11.5 Å². The highest BCUT2D eigenvalue weighted by atomic mass is 16.5. The quantitative estimate of drug-likeness (QED) is 0.763. The molecule has 3 rings (SSSR count). The van der Waals surface area contributed by atoms with E-state index in [1.165, 1.54) is 7.11 Å². The summed E-state index contributed by atoms with van der Waals surface area (Å²) in [4.78, 5) is 25.7. The van der Waals surface area contributed by atoms with Crippen LogP contribution >= 0.6 is 0 Å². The molecule has 142 valence electrons. The Morgan fingerprint density at radius 1 is 0.889 bits per heavy atom. The van der Waals surface area contributed by atoms with E-state index in [1.54, 1.807) is 25.3 Å². The van der Waals surface area contributed by atoms with Gasteiger partial charge in [0.1, 0.15) is 16.9 Å². The van der Waals surface area contributed by atoms with Crippen molar-refractivity contribution in [1.29, 1.82) is 0 Å². The number of nitrogens with one attached hydrogen (secondary N) is 2. The third kappa shape index (κ3) is 3.74. The van der Waals surface area contributed by atoms with Crippen LogP contribution < -0.4 is 20.1 Å². The van der Waals surface area contributed by atoms with Gasteiger partial charge in [-0.15, -0.1) is 0 Å². The minimum atomic E-state index is -1.05. The molecule has 2 aromatic carbocycles. The summed E-state index contributed by atoms with van der Waals surface area (Å²) in [5.41, 5.74) is 2.24. The van der Waals surface area contributed by atoms with E-state index in [0.717, 1.165) is 16.8 Å². The van der Waals surface area contributed by atoms with Crippen LogP contribution in [0.3, 0.4) is 0 Å². The number of aryl methyl sites for hydroxylation is 2. The highest BCUT2D eigenvalue weighted by Gasteiger charge is 2.56. The van der Waals surface area contributed by atoms with Gasteiger partial charge in [0.05, 0.1) is 19.9 Å². The van der Waals surface area contributed by atoms with Crippen LogP contribution in [0.4, 0.5) is 11.4 Å². The summed E-state index contributed by atoms with van der Waals surface area (Å²) in [5, 5.41) is 5.73. The van der Waals surface area contributed by atoms with Crippen molar-refractivity contribution >= 4 is 23.2 Å². The third-order valence-corrected chi connectivity index (χ3v) is 4.90. The maximum absolute atomic E-state index is 12.9. The highest BCUT2D eigenvalue weighted by Crippen LogP contribution is 2.48.